The van der Waals surface area contributed by atoms with Gasteiger partial charge in [-0.2, -0.15) is 0 Å². The summed E-state index contributed by atoms with van der Waals surface area (Å²) >= 11 is 5.18. The maximum absolute atomic E-state index is 12.2. The van der Waals surface area contributed by atoms with Crippen LogP contribution in [0, 0.1) is 4.77 Å². The van der Waals surface area contributed by atoms with Gasteiger partial charge in [0, 0.05) is 12.7 Å². The summed E-state index contributed by atoms with van der Waals surface area (Å²) in [7, 11) is 0. The summed E-state index contributed by atoms with van der Waals surface area (Å²) < 4.78 is 2.08. The number of aromatic amines is 1. The van der Waals surface area contributed by atoms with Crippen LogP contribution in [0.2, 0.25) is 0 Å². The minimum atomic E-state index is -0.0482. The Balaban J connectivity index is 2.49. The molecule has 2 heterocycles. The predicted molar refractivity (Wildman–Crippen MR) is 70.7 cm³/mol. The van der Waals surface area contributed by atoms with Crippen molar-refractivity contribution in [3.63, 3.8) is 0 Å². The number of hydrogen-bond donors (Lipinski definition) is 1. The molecule has 2 rings (SSSR count). The third-order valence-electron chi connectivity index (χ3n) is 2.74. The Bertz CT molecular complexity index is 629. The molecule has 90 valence electrons. The molecule has 1 N–H and O–H groups in total. The maximum Gasteiger partial charge on any atom is 0.263 e. The average molecular weight is 249 g/mol. The summed E-state index contributed by atoms with van der Waals surface area (Å²) in [6.07, 6.45) is 4.85. The second-order valence-corrected chi connectivity index (χ2v) is 4.38. The molecule has 0 amide bonds. The minimum absolute atomic E-state index is 0.0482. The lowest BCUT2D eigenvalue weighted by atomic mass is 10.2. The first-order valence-electron chi connectivity index (χ1n) is 5.82. The van der Waals surface area contributed by atoms with Crippen LogP contribution in [0.3, 0.4) is 0 Å². The average Bonchev–Trinajstić information content (AvgIpc) is 2.33. The van der Waals surface area contributed by atoms with E-state index in [-0.39, 0.29) is 5.56 Å². The van der Waals surface area contributed by atoms with Gasteiger partial charge in [-0.3, -0.25) is 9.36 Å². The summed E-state index contributed by atoms with van der Waals surface area (Å²) in [6.45, 7) is 2.81. The Morgan fingerprint density at radius 2 is 2.29 bits per heavy atom. The molecule has 17 heavy (non-hydrogen) atoms. The quantitative estimate of drug-likeness (QED) is 0.669. The lowest BCUT2D eigenvalue weighted by molar-refractivity contribution is 0.577. The van der Waals surface area contributed by atoms with E-state index < -0.39 is 0 Å². The molecule has 0 fully saturated rings. The Morgan fingerprint density at radius 1 is 1.47 bits per heavy atom. The van der Waals surface area contributed by atoms with Crippen LogP contribution in [0.4, 0.5) is 0 Å². The summed E-state index contributed by atoms with van der Waals surface area (Å²) in [5.74, 6) is 0. The van der Waals surface area contributed by atoms with Gasteiger partial charge in [0.25, 0.3) is 5.56 Å². The summed E-state index contributed by atoms with van der Waals surface area (Å²) in [4.78, 5) is 19.3. The number of fused-ring (bicyclic) bond motifs is 1. The number of nitrogens with zero attached hydrogens (tertiary/aromatic N) is 2. The van der Waals surface area contributed by atoms with Gasteiger partial charge in [-0.1, -0.05) is 19.8 Å². The van der Waals surface area contributed by atoms with E-state index in [0.29, 0.717) is 22.3 Å². The van der Waals surface area contributed by atoms with Gasteiger partial charge < -0.3 is 4.98 Å². The minimum Gasteiger partial charge on any atom is -0.316 e. The number of unbranched alkanes of at least 4 members (excludes halogenated alkanes) is 2. The standard InChI is InChI=1S/C12H15N3OS/c1-2-3-4-8-15-11(16)9-6-5-7-13-10(9)14-12(15)17/h5-7H,2-4,8H2,1H3,(H,13,14,17). The van der Waals surface area contributed by atoms with Gasteiger partial charge >= 0.3 is 0 Å². The highest BCUT2D eigenvalue weighted by atomic mass is 32.1. The topological polar surface area (TPSA) is 50.7 Å². The van der Waals surface area contributed by atoms with E-state index in [0.717, 1.165) is 19.3 Å². The van der Waals surface area contributed by atoms with Crippen LogP contribution in [-0.4, -0.2) is 14.5 Å². The van der Waals surface area contributed by atoms with Crippen molar-refractivity contribution in [2.24, 2.45) is 0 Å². The van der Waals surface area contributed by atoms with Crippen LogP contribution in [0.15, 0.2) is 23.1 Å². The predicted octanol–water partition coefficient (Wildman–Crippen LogP) is 2.64. The van der Waals surface area contributed by atoms with E-state index >= 15 is 0 Å². The fourth-order valence-corrected chi connectivity index (χ4v) is 2.08. The number of hydrogen-bond acceptors (Lipinski definition) is 3. The van der Waals surface area contributed by atoms with E-state index in [1.165, 1.54) is 0 Å². The van der Waals surface area contributed by atoms with Gasteiger partial charge in [0.1, 0.15) is 5.65 Å². The first-order chi connectivity index (χ1) is 8.24. The van der Waals surface area contributed by atoms with E-state index in [2.05, 4.69) is 16.9 Å². The van der Waals surface area contributed by atoms with Crippen molar-refractivity contribution in [1.82, 2.24) is 14.5 Å². The molecule has 0 unspecified atom stereocenters. The lowest BCUT2D eigenvalue weighted by Gasteiger charge is -2.06. The highest BCUT2D eigenvalue weighted by Gasteiger charge is 2.05. The van der Waals surface area contributed by atoms with Gasteiger partial charge in [-0.05, 0) is 30.8 Å². The molecule has 2 aromatic rings. The molecule has 5 heteroatoms. The molecule has 0 saturated carbocycles. The van der Waals surface area contributed by atoms with Crippen LogP contribution >= 0.6 is 12.2 Å². The summed E-state index contributed by atoms with van der Waals surface area (Å²) in [6, 6.07) is 3.53. The second kappa shape index (κ2) is 5.23. The van der Waals surface area contributed by atoms with Crippen LogP contribution in [0.5, 0.6) is 0 Å². The van der Waals surface area contributed by atoms with Crippen LogP contribution < -0.4 is 5.56 Å². The molecule has 0 aliphatic carbocycles. The fraction of sp³-hybridized carbons (Fsp3) is 0.417. The Hall–Kier alpha value is -1.49. The molecule has 0 atom stereocenters. The molecule has 0 saturated heterocycles. The molecule has 2 aromatic heterocycles. The zero-order chi connectivity index (χ0) is 12.3. The van der Waals surface area contributed by atoms with Crippen molar-refractivity contribution in [3.8, 4) is 0 Å². The van der Waals surface area contributed by atoms with Gasteiger partial charge in [0.2, 0.25) is 0 Å². The third kappa shape index (κ3) is 2.44. The number of nitrogens with one attached hydrogen (secondary N) is 1. The molecule has 0 aromatic carbocycles. The maximum atomic E-state index is 12.2. The van der Waals surface area contributed by atoms with Crippen LogP contribution in [0.1, 0.15) is 26.2 Å². The number of pyridine rings is 1. The zero-order valence-corrected chi connectivity index (χ0v) is 10.6. The van der Waals surface area contributed by atoms with Gasteiger partial charge in [0.05, 0.1) is 5.39 Å². The number of rotatable bonds is 4. The molecule has 0 bridgehead atoms. The molecule has 0 radical (unpaired) electrons. The van der Waals surface area contributed by atoms with E-state index in [1.807, 2.05) is 0 Å². The van der Waals surface area contributed by atoms with Gasteiger partial charge in [-0.15, -0.1) is 0 Å². The van der Waals surface area contributed by atoms with Crippen LogP contribution in [0.25, 0.3) is 11.0 Å². The normalized spacial score (nSPS) is 10.9. The van der Waals surface area contributed by atoms with Crippen molar-refractivity contribution < 1.29 is 0 Å². The first kappa shape index (κ1) is 12.0. The van der Waals surface area contributed by atoms with E-state index in [4.69, 9.17) is 12.2 Å². The largest absolute Gasteiger partial charge is 0.316 e. The first-order valence-corrected chi connectivity index (χ1v) is 6.22. The fourth-order valence-electron chi connectivity index (χ4n) is 1.81. The molecule has 4 nitrogen and oxygen atoms in total. The highest BCUT2D eigenvalue weighted by Crippen LogP contribution is 2.04. The molecular weight excluding hydrogens is 234 g/mol. The Kier molecular flexibility index (Phi) is 3.68. The molecule has 0 aliphatic rings. The zero-order valence-electron chi connectivity index (χ0n) is 9.77. The number of H-pyrrole nitrogens is 1. The highest BCUT2D eigenvalue weighted by molar-refractivity contribution is 7.71. The Labute approximate surface area is 104 Å². The van der Waals surface area contributed by atoms with E-state index in [9.17, 15) is 4.79 Å². The van der Waals surface area contributed by atoms with E-state index in [1.54, 1.807) is 22.9 Å². The smallest absolute Gasteiger partial charge is 0.263 e. The molecule has 0 spiro atoms. The van der Waals surface area contributed by atoms with Crippen LogP contribution in [-0.2, 0) is 6.54 Å². The molecular formula is C12H15N3OS. The summed E-state index contributed by atoms with van der Waals surface area (Å²) in [5, 5.41) is 0.595. The lowest BCUT2D eigenvalue weighted by Crippen LogP contribution is -2.22. The monoisotopic (exact) mass is 249 g/mol. The SMILES string of the molecule is CCCCCn1c(=S)[nH]c2ncccc2c1=O. The van der Waals surface area contributed by atoms with Crippen molar-refractivity contribution in [2.45, 2.75) is 32.7 Å². The van der Waals surface area contributed by atoms with Crippen molar-refractivity contribution in [1.29, 1.82) is 0 Å². The van der Waals surface area contributed by atoms with Gasteiger partial charge in [-0.25, -0.2) is 4.98 Å². The molecule has 0 aliphatic heterocycles. The van der Waals surface area contributed by atoms with Crippen molar-refractivity contribution in [3.05, 3.63) is 33.5 Å². The van der Waals surface area contributed by atoms with Crippen molar-refractivity contribution in [2.75, 3.05) is 0 Å². The second-order valence-electron chi connectivity index (χ2n) is 3.99. The Morgan fingerprint density at radius 3 is 3.06 bits per heavy atom. The third-order valence-corrected chi connectivity index (χ3v) is 3.06. The number of aromatic nitrogens is 3. The summed E-state index contributed by atoms with van der Waals surface area (Å²) in [5.41, 5.74) is 0.516. The van der Waals surface area contributed by atoms with Crippen molar-refractivity contribution >= 4 is 23.3 Å². The van der Waals surface area contributed by atoms with Gasteiger partial charge in [0.15, 0.2) is 4.77 Å².